The summed E-state index contributed by atoms with van der Waals surface area (Å²) in [5.41, 5.74) is 2.98. The molecule has 1 aliphatic heterocycles. The van der Waals surface area contributed by atoms with Crippen LogP contribution in [0.3, 0.4) is 0 Å². The second-order valence-corrected chi connectivity index (χ2v) is 18.0. The summed E-state index contributed by atoms with van der Waals surface area (Å²) < 4.78 is 14.5. The largest absolute Gasteiger partial charge is 0.344 e. The summed E-state index contributed by atoms with van der Waals surface area (Å²) >= 11 is 0. The normalized spacial score (nSPS) is 18.4. The molecule has 4 heteroatoms. The topological polar surface area (TPSA) is 18.5 Å². The van der Waals surface area contributed by atoms with Gasteiger partial charge in [0.05, 0.1) is 12.2 Å². The van der Waals surface area contributed by atoms with Crippen LogP contribution in [0.4, 0.5) is 0 Å². The summed E-state index contributed by atoms with van der Waals surface area (Å²) in [6.07, 6.45) is 1.49. The number of rotatable bonds is 12. The molecular weight excluding hydrogens is 634 g/mol. The van der Waals surface area contributed by atoms with Crippen LogP contribution < -0.4 is 21.2 Å². The minimum absolute atomic E-state index is 0.145. The third-order valence-electron chi connectivity index (χ3n) is 9.30. The van der Waals surface area contributed by atoms with Crippen LogP contribution in [0.15, 0.2) is 182 Å². The van der Waals surface area contributed by atoms with E-state index in [0.717, 1.165) is 12.8 Å². The molecule has 4 unspecified atom stereocenters. The number of hydrogen-bond acceptors (Lipinski definition) is 2. The lowest BCUT2D eigenvalue weighted by Crippen LogP contribution is -2.46. The van der Waals surface area contributed by atoms with Gasteiger partial charge in [-0.2, -0.15) is 0 Å². The molecule has 1 fully saturated rings. The molecular formula is C45H44O2P2. The molecule has 0 amide bonds. The fraction of sp³-hybridized carbons (Fsp3) is 0.200. The predicted octanol–water partition coefficient (Wildman–Crippen LogP) is 8.99. The molecule has 6 aromatic rings. The van der Waals surface area contributed by atoms with Gasteiger partial charge in [0, 0.05) is 11.3 Å². The van der Waals surface area contributed by atoms with Crippen LogP contribution in [-0.4, -0.2) is 29.3 Å². The van der Waals surface area contributed by atoms with Crippen molar-refractivity contribution in [1.82, 2.24) is 0 Å². The van der Waals surface area contributed by atoms with E-state index in [1.807, 2.05) is 0 Å². The van der Waals surface area contributed by atoms with Crippen LogP contribution in [0.2, 0.25) is 0 Å². The first-order valence-corrected chi connectivity index (χ1v) is 20.1. The molecule has 1 aliphatic rings. The minimum atomic E-state index is -0.827. The summed E-state index contributed by atoms with van der Waals surface area (Å²) in [4.78, 5) is 0. The minimum Gasteiger partial charge on any atom is -0.344 e. The fourth-order valence-electron chi connectivity index (χ4n) is 7.25. The van der Waals surface area contributed by atoms with Crippen LogP contribution in [0.5, 0.6) is 0 Å². The molecule has 0 saturated carbocycles. The Hall–Kier alpha value is -3.90. The maximum absolute atomic E-state index is 7.26. The maximum Gasteiger partial charge on any atom is 0.163 e. The van der Waals surface area contributed by atoms with Gasteiger partial charge in [-0.25, -0.2) is 0 Å². The van der Waals surface area contributed by atoms with Crippen molar-refractivity contribution in [3.05, 3.63) is 193 Å². The Kier molecular flexibility index (Phi) is 10.8. The fourth-order valence-corrected chi connectivity index (χ4v) is 13.2. The zero-order valence-corrected chi connectivity index (χ0v) is 30.0. The summed E-state index contributed by atoms with van der Waals surface area (Å²) in [5, 5.41) is 5.46. The van der Waals surface area contributed by atoms with Gasteiger partial charge in [0.2, 0.25) is 0 Å². The molecule has 0 bridgehead atoms. The third-order valence-corrected chi connectivity index (χ3v) is 15.0. The molecule has 7 rings (SSSR count). The van der Waals surface area contributed by atoms with Crippen molar-refractivity contribution in [3.8, 4) is 0 Å². The highest BCUT2D eigenvalue weighted by Crippen LogP contribution is 2.53. The van der Waals surface area contributed by atoms with Crippen LogP contribution in [0.1, 0.15) is 25.0 Å². The van der Waals surface area contributed by atoms with Gasteiger partial charge in [0.1, 0.15) is 0 Å². The van der Waals surface area contributed by atoms with E-state index < -0.39 is 21.6 Å². The molecule has 49 heavy (non-hydrogen) atoms. The highest BCUT2D eigenvalue weighted by molar-refractivity contribution is 7.74. The van der Waals surface area contributed by atoms with Gasteiger partial charge >= 0.3 is 0 Å². The summed E-state index contributed by atoms with van der Waals surface area (Å²) in [5.74, 6) is -0.734. The maximum atomic E-state index is 7.26. The van der Waals surface area contributed by atoms with Crippen molar-refractivity contribution < 1.29 is 9.47 Å². The Labute approximate surface area is 294 Å². The molecule has 6 aromatic carbocycles. The van der Waals surface area contributed by atoms with Crippen LogP contribution >= 0.6 is 15.8 Å². The van der Waals surface area contributed by atoms with Crippen LogP contribution in [0.25, 0.3) is 0 Å². The molecule has 1 heterocycles. The quantitative estimate of drug-likeness (QED) is 0.120. The second-order valence-electron chi connectivity index (χ2n) is 13.2. The number of hydrogen-bond donors (Lipinski definition) is 0. The van der Waals surface area contributed by atoms with Crippen molar-refractivity contribution in [2.24, 2.45) is 0 Å². The highest BCUT2D eigenvalue weighted by atomic mass is 31.1. The standard InChI is InChI=1S/C45H44O2P2/c1-45(2)46-43(41(33-35-21-9-3-10-22-35)48(37-25-13-5-14-26-37)38-27-15-6-16-28-38)44(47-45)42(34-36-23-11-4-12-24-36)49(39-29-17-7-18-30-39)40-31-19-8-20-32-40/h3-32,41-44H,33-34H2,1-2H3. The second kappa shape index (κ2) is 15.8. The molecule has 0 aliphatic carbocycles. The zero-order valence-electron chi connectivity index (χ0n) is 28.3. The van der Waals surface area contributed by atoms with Crippen molar-refractivity contribution in [2.75, 3.05) is 0 Å². The van der Waals surface area contributed by atoms with E-state index in [2.05, 4.69) is 196 Å². The molecule has 1 saturated heterocycles. The lowest BCUT2D eigenvalue weighted by molar-refractivity contribution is -0.146. The van der Waals surface area contributed by atoms with Crippen molar-refractivity contribution >= 4 is 37.1 Å². The molecule has 2 nitrogen and oxygen atoms in total. The molecule has 0 aromatic heterocycles. The van der Waals surface area contributed by atoms with Crippen molar-refractivity contribution in [2.45, 2.75) is 56.0 Å². The average molecular weight is 679 g/mol. The first-order valence-electron chi connectivity index (χ1n) is 17.3. The van der Waals surface area contributed by atoms with Crippen LogP contribution in [0, 0.1) is 0 Å². The number of ether oxygens (including phenoxy) is 2. The monoisotopic (exact) mass is 678 g/mol. The Morgan fingerprint density at radius 3 is 0.918 bits per heavy atom. The van der Waals surface area contributed by atoms with Gasteiger partial charge in [0.25, 0.3) is 0 Å². The van der Waals surface area contributed by atoms with E-state index in [1.54, 1.807) is 0 Å². The van der Waals surface area contributed by atoms with E-state index in [0.29, 0.717) is 0 Å². The summed E-state index contributed by atoms with van der Waals surface area (Å²) in [6, 6.07) is 66.4. The van der Waals surface area contributed by atoms with E-state index in [1.165, 1.54) is 32.3 Å². The average Bonchev–Trinajstić information content (AvgIpc) is 3.48. The zero-order chi connectivity index (χ0) is 33.5. The molecule has 0 radical (unpaired) electrons. The Bertz CT molecular complexity index is 1640. The first-order chi connectivity index (χ1) is 24.1. The van der Waals surface area contributed by atoms with Gasteiger partial charge < -0.3 is 9.47 Å². The summed E-state index contributed by atoms with van der Waals surface area (Å²) in [6.45, 7) is 4.22. The Morgan fingerprint density at radius 1 is 0.408 bits per heavy atom. The number of benzene rings is 6. The van der Waals surface area contributed by atoms with E-state index >= 15 is 0 Å². The smallest absolute Gasteiger partial charge is 0.163 e. The molecule has 0 N–H and O–H groups in total. The van der Waals surface area contributed by atoms with Crippen LogP contribution in [-0.2, 0) is 22.3 Å². The first kappa shape index (κ1) is 33.6. The van der Waals surface area contributed by atoms with Crippen molar-refractivity contribution in [3.63, 3.8) is 0 Å². The van der Waals surface area contributed by atoms with E-state index in [4.69, 9.17) is 9.47 Å². The van der Waals surface area contributed by atoms with E-state index in [-0.39, 0.29) is 23.5 Å². The molecule has 4 atom stereocenters. The lowest BCUT2D eigenvalue weighted by atomic mass is 9.97. The lowest BCUT2D eigenvalue weighted by Gasteiger charge is -2.39. The van der Waals surface area contributed by atoms with Gasteiger partial charge in [-0.1, -0.05) is 182 Å². The molecule has 246 valence electrons. The SMILES string of the molecule is CC1(C)OC(C(Cc2ccccc2)P(c2ccccc2)c2ccccc2)C(C(Cc2ccccc2)P(c2ccccc2)c2ccccc2)O1. The van der Waals surface area contributed by atoms with Crippen molar-refractivity contribution in [1.29, 1.82) is 0 Å². The molecule has 0 spiro atoms. The highest BCUT2D eigenvalue weighted by Gasteiger charge is 2.52. The van der Waals surface area contributed by atoms with Gasteiger partial charge in [0.15, 0.2) is 5.79 Å². The Morgan fingerprint density at radius 2 is 0.653 bits per heavy atom. The van der Waals surface area contributed by atoms with Gasteiger partial charge in [-0.15, -0.1) is 0 Å². The van der Waals surface area contributed by atoms with E-state index in [9.17, 15) is 0 Å². The Balaban J connectivity index is 1.42. The third kappa shape index (κ3) is 8.12. The van der Waals surface area contributed by atoms with Gasteiger partial charge in [-0.3, -0.25) is 0 Å². The summed E-state index contributed by atoms with van der Waals surface area (Å²) in [7, 11) is -1.65. The predicted molar refractivity (Wildman–Crippen MR) is 210 cm³/mol. The van der Waals surface area contributed by atoms with Gasteiger partial charge in [-0.05, 0) is 74.9 Å².